The van der Waals surface area contributed by atoms with Crippen LogP contribution in [0.1, 0.15) is 31.2 Å². The van der Waals surface area contributed by atoms with E-state index in [2.05, 4.69) is 11.0 Å². The van der Waals surface area contributed by atoms with Crippen LogP contribution in [0.3, 0.4) is 0 Å². The molecule has 0 aliphatic carbocycles. The Kier molecular flexibility index (Phi) is 6.52. The quantitative estimate of drug-likeness (QED) is 0.873. The van der Waals surface area contributed by atoms with Gasteiger partial charge in [0.2, 0.25) is 0 Å². The van der Waals surface area contributed by atoms with Gasteiger partial charge in [-0.2, -0.15) is 5.26 Å². The van der Waals surface area contributed by atoms with Crippen LogP contribution in [0.25, 0.3) is 0 Å². The third-order valence-corrected chi connectivity index (χ3v) is 4.06. The summed E-state index contributed by atoms with van der Waals surface area (Å²) < 4.78 is 5.77. The molecule has 0 radical (unpaired) electrons. The number of hydrogen-bond acceptors (Lipinski definition) is 4. The van der Waals surface area contributed by atoms with Gasteiger partial charge in [0.25, 0.3) is 0 Å². The van der Waals surface area contributed by atoms with Crippen molar-refractivity contribution >= 4 is 0 Å². The predicted octanol–water partition coefficient (Wildman–Crippen LogP) is 2.37. The third-order valence-electron chi connectivity index (χ3n) is 4.06. The summed E-state index contributed by atoms with van der Waals surface area (Å²) in [5.74, 6) is 0.840. The lowest BCUT2D eigenvalue weighted by atomic mass is 10.1. The van der Waals surface area contributed by atoms with Crippen molar-refractivity contribution in [3.8, 4) is 11.8 Å². The number of aliphatic hydroxyl groups excluding tert-OH is 1. The zero-order valence-electron chi connectivity index (χ0n) is 12.5. The van der Waals surface area contributed by atoms with E-state index in [9.17, 15) is 5.11 Å². The summed E-state index contributed by atoms with van der Waals surface area (Å²) in [5, 5.41) is 18.1. The van der Waals surface area contributed by atoms with E-state index in [4.69, 9.17) is 10.00 Å². The second-order valence-corrected chi connectivity index (χ2v) is 5.55. The molecule has 0 aromatic heterocycles. The van der Waals surface area contributed by atoms with Crippen molar-refractivity contribution in [1.82, 2.24) is 4.90 Å². The first kappa shape index (κ1) is 15.8. The lowest BCUT2D eigenvalue weighted by molar-refractivity contribution is 0.108. The molecule has 2 rings (SSSR count). The van der Waals surface area contributed by atoms with E-state index in [1.54, 1.807) is 0 Å². The summed E-state index contributed by atoms with van der Waals surface area (Å²) in [6, 6.07) is 10.1. The maximum atomic E-state index is 9.48. The van der Waals surface area contributed by atoms with Gasteiger partial charge in [-0.25, -0.2) is 0 Å². The molecular weight excluding hydrogens is 264 g/mol. The monoisotopic (exact) mass is 288 g/mol. The van der Waals surface area contributed by atoms with Gasteiger partial charge in [0.05, 0.1) is 19.1 Å². The molecule has 1 heterocycles. The molecule has 1 saturated heterocycles. The van der Waals surface area contributed by atoms with Gasteiger partial charge in [0.1, 0.15) is 12.4 Å². The van der Waals surface area contributed by atoms with Crippen molar-refractivity contribution in [2.75, 3.05) is 26.3 Å². The van der Waals surface area contributed by atoms with E-state index in [0.29, 0.717) is 13.0 Å². The molecule has 21 heavy (non-hydrogen) atoms. The minimum absolute atomic E-state index is 0.239. The molecule has 4 heteroatoms. The van der Waals surface area contributed by atoms with Crippen LogP contribution in [-0.4, -0.2) is 42.4 Å². The van der Waals surface area contributed by atoms with E-state index >= 15 is 0 Å². The number of hydrogen-bond donors (Lipinski definition) is 1. The van der Waals surface area contributed by atoms with Crippen LogP contribution < -0.4 is 4.74 Å². The number of aliphatic hydroxyl groups is 1. The summed E-state index contributed by atoms with van der Waals surface area (Å²) >= 11 is 0. The van der Waals surface area contributed by atoms with Gasteiger partial charge in [-0.15, -0.1) is 0 Å². The second kappa shape index (κ2) is 8.66. The molecule has 0 spiro atoms. The average molecular weight is 288 g/mol. The zero-order chi connectivity index (χ0) is 14.9. The van der Waals surface area contributed by atoms with Gasteiger partial charge >= 0.3 is 0 Å². The van der Waals surface area contributed by atoms with Gasteiger partial charge in [-0.1, -0.05) is 25.0 Å². The predicted molar refractivity (Wildman–Crippen MR) is 82.2 cm³/mol. The highest BCUT2D eigenvalue weighted by molar-refractivity contribution is 5.28. The molecule has 1 aliphatic rings. The summed E-state index contributed by atoms with van der Waals surface area (Å²) in [4.78, 5) is 2.34. The maximum absolute atomic E-state index is 9.48. The topological polar surface area (TPSA) is 56.5 Å². The SMILES string of the molecule is N#CCc1ccc(OCCN2CCCCCC2CO)cc1. The molecular formula is C17H24N2O2. The van der Waals surface area contributed by atoms with Gasteiger partial charge < -0.3 is 9.84 Å². The first-order valence-electron chi connectivity index (χ1n) is 7.77. The third kappa shape index (κ3) is 5.04. The van der Waals surface area contributed by atoms with E-state index in [1.165, 1.54) is 19.3 Å². The van der Waals surface area contributed by atoms with Crippen LogP contribution in [-0.2, 0) is 6.42 Å². The van der Waals surface area contributed by atoms with Crippen molar-refractivity contribution in [3.05, 3.63) is 29.8 Å². The summed E-state index contributed by atoms with van der Waals surface area (Å²) in [5.41, 5.74) is 1.01. The van der Waals surface area contributed by atoms with E-state index in [0.717, 1.165) is 30.8 Å². The molecule has 1 aromatic rings. The zero-order valence-corrected chi connectivity index (χ0v) is 12.5. The first-order chi connectivity index (χ1) is 10.3. The Labute approximate surface area is 127 Å². The molecule has 1 aliphatic heterocycles. The fraction of sp³-hybridized carbons (Fsp3) is 0.588. The fourth-order valence-electron chi connectivity index (χ4n) is 2.81. The van der Waals surface area contributed by atoms with Crippen LogP contribution in [0.15, 0.2) is 24.3 Å². The van der Waals surface area contributed by atoms with Gasteiger partial charge in [-0.05, 0) is 37.1 Å². The van der Waals surface area contributed by atoms with Crippen LogP contribution in [0.4, 0.5) is 0 Å². The normalized spacial score (nSPS) is 19.7. The fourth-order valence-corrected chi connectivity index (χ4v) is 2.81. The molecule has 0 saturated carbocycles. The Balaban J connectivity index is 1.78. The maximum Gasteiger partial charge on any atom is 0.119 e. The molecule has 1 N–H and O–H groups in total. The number of likely N-dealkylation sites (tertiary alicyclic amines) is 1. The second-order valence-electron chi connectivity index (χ2n) is 5.55. The summed E-state index contributed by atoms with van der Waals surface area (Å²) in [6.45, 7) is 2.78. The van der Waals surface area contributed by atoms with Gasteiger partial charge in [0.15, 0.2) is 0 Å². The largest absolute Gasteiger partial charge is 0.492 e. The number of rotatable bonds is 6. The molecule has 4 nitrogen and oxygen atoms in total. The molecule has 0 amide bonds. The Morgan fingerprint density at radius 1 is 1.24 bits per heavy atom. The minimum atomic E-state index is 0.239. The van der Waals surface area contributed by atoms with Crippen molar-refractivity contribution < 1.29 is 9.84 Å². The highest BCUT2D eigenvalue weighted by atomic mass is 16.5. The van der Waals surface area contributed by atoms with Crippen LogP contribution in [0, 0.1) is 11.3 Å². The van der Waals surface area contributed by atoms with E-state index < -0.39 is 0 Å². The van der Waals surface area contributed by atoms with Crippen LogP contribution >= 0.6 is 0 Å². The molecule has 0 bridgehead atoms. The summed E-state index contributed by atoms with van der Waals surface area (Å²) in [7, 11) is 0. The standard InChI is InChI=1S/C17H24N2O2/c18-10-9-15-5-7-17(8-6-15)21-13-12-19-11-3-1-2-4-16(19)14-20/h5-8,16,20H,1-4,9,11-14H2. The Bertz CT molecular complexity index is 453. The highest BCUT2D eigenvalue weighted by Crippen LogP contribution is 2.17. The Morgan fingerprint density at radius 3 is 2.76 bits per heavy atom. The van der Waals surface area contributed by atoms with Crippen LogP contribution in [0.5, 0.6) is 5.75 Å². The number of benzene rings is 1. The van der Waals surface area contributed by atoms with Gasteiger partial charge in [0, 0.05) is 12.6 Å². The Hall–Kier alpha value is -1.57. The Morgan fingerprint density at radius 2 is 2.05 bits per heavy atom. The average Bonchev–Trinajstić information content (AvgIpc) is 2.74. The molecule has 114 valence electrons. The lowest BCUT2D eigenvalue weighted by Crippen LogP contribution is -2.40. The van der Waals surface area contributed by atoms with Crippen molar-refractivity contribution in [2.24, 2.45) is 0 Å². The van der Waals surface area contributed by atoms with Crippen molar-refractivity contribution in [2.45, 2.75) is 38.1 Å². The van der Waals surface area contributed by atoms with E-state index in [-0.39, 0.29) is 12.6 Å². The van der Waals surface area contributed by atoms with Crippen molar-refractivity contribution in [3.63, 3.8) is 0 Å². The van der Waals surface area contributed by atoms with Crippen LogP contribution in [0.2, 0.25) is 0 Å². The molecule has 1 aromatic carbocycles. The molecule has 1 unspecified atom stereocenters. The summed E-state index contributed by atoms with van der Waals surface area (Å²) in [6.07, 6.45) is 5.20. The smallest absolute Gasteiger partial charge is 0.119 e. The minimum Gasteiger partial charge on any atom is -0.492 e. The highest BCUT2D eigenvalue weighted by Gasteiger charge is 2.19. The lowest BCUT2D eigenvalue weighted by Gasteiger charge is -2.28. The number of nitriles is 1. The van der Waals surface area contributed by atoms with Crippen molar-refractivity contribution in [1.29, 1.82) is 5.26 Å². The number of ether oxygens (including phenoxy) is 1. The van der Waals surface area contributed by atoms with Gasteiger partial charge in [-0.3, -0.25) is 4.90 Å². The molecule has 1 atom stereocenters. The first-order valence-corrected chi connectivity index (χ1v) is 7.77. The molecule has 1 fully saturated rings. The van der Waals surface area contributed by atoms with E-state index in [1.807, 2.05) is 24.3 Å². The number of nitrogens with zero attached hydrogens (tertiary/aromatic N) is 2.